The fraction of sp³-hybridized carbons (Fsp3) is 0.355. The number of hydrogen-bond donors (Lipinski definition) is 2. The van der Waals surface area contributed by atoms with Crippen LogP contribution in [0.1, 0.15) is 51.5 Å². The first-order valence-electron chi connectivity index (χ1n) is 13.7. The third-order valence-corrected chi connectivity index (χ3v) is 5.94. The zero-order chi connectivity index (χ0) is 32.0. The molecule has 0 amide bonds. The van der Waals surface area contributed by atoms with Crippen molar-refractivity contribution in [3.63, 3.8) is 0 Å². The second-order valence-corrected chi connectivity index (χ2v) is 9.84. The summed E-state index contributed by atoms with van der Waals surface area (Å²) < 4.78 is 15.2. The summed E-state index contributed by atoms with van der Waals surface area (Å²) in [5, 5.41) is 24.5. The maximum absolute atomic E-state index is 13.4. The van der Waals surface area contributed by atoms with Crippen molar-refractivity contribution in [2.24, 2.45) is 4.99 Å². The van der Waals surface area contributed by atoms with Crippen molar-refractivity contribution in [1.82, 2.24) is 25.5 Å². The van der Waals surface area contributed by atoms with Gasteiger partial charge < -0.3 is 23.6 Å². The highest BCUT2D eigenvalue weighted by Gasteiger charge is 2.31. The minimum absolute atomic E-state index is 0.00678. The molecule has 12 nitrogen and oxygen atoms in total. The Bertz CT molecular complexity index is 1480. The number of ether oxygens (including phenoxy) is 1. The van der Waals surface area contributed by atoms with Crippen LogP contribution in [0.5, 0.6) is 0 Å². The Morgan fingerprint density at radius 2 is 1.93 bits per heavy atom. The van der Waals surface area contributed by atoms with Gasteiger partial charge in [-0.25, -0.2) is 9.59 Å². The fourth-order valence-corrected chi connectivity index (χ4v) is 3.81. The molecule has 2 N–H and O–H groups in total. The van der Waals surface area contributed by atoms with E-state index in [2.05, 4.69) is 45.5 Å². The third-order valence-electron chi connectivity index (χ3n) is 5.94. The first kappa shape index (κ1) is 34.4. The molecule has 0 fully saturated rings. The van der Waals surface area contributed by atoms with E-state index in [0.29, 0.717) is 24.4 Å². The van der Waals surface area contributed by atoms with Crippen molar-refractivity contribution < 1.29 is 23.5 Å². The van der Waals surface area contributed by atoms with Crippen molar-refractivity contribution >= 4 is 12.7 Å². The van der Waals surface area contributed by atoms with Gasteiger partial charge in [-0.1, -0.05) is 67.8 Å². The molecule has 0 radical (unpaired) electrons. The number of H-pyrrole nitrogens is 1. The van der Waals surface area contributed by atoms with Crippen LogP contribution in [0.3, 0.4) is 0 Å². The van der Waals surface area contributed by atoms with Gasteiger partial charge in [-0.15, -0.1) is 10.2 Å². The van der Waals surface area contributed by atoms with E-state index in [4.69, 9.17) is 13.6 Å². The van der Waals surface area contributed by atoms with E-state index in [0.717, 1.165) is 17.6 Å². The molecule has 230 valence electrons. The SMILES string of the molecule is C=N/C(=C(/C(=O)OCc1oc(=O)oc1C)N(CC)CC(=C)/C=C\C(=C/CC)C(=C)/C=C\C=C/Cc1nn[nH]n1)C(C)(C)O. The van der Waals surface area contributed by atoms with Crippen LogP contribution in [0, 0.1) is 6.92 Å². The van der Waals surface area contributed by atoms with Crippen LogP contribution in [0.25, 0.3) is 0 Å². The first-order valence-corrected chi connectivity index (χ1v) is 13.7. The molecule has 0 atom stereocenters. The topological polar surface area (TPSA) is 160 Å². The zero-order valence-electron chi connectivity index (χ0n) is 25.4. The molecule has 0 unspecified atom stereocenters. The summed E-state index contributed by atoms with van der Waals surface area (Å²) in [4.78, 5) is 30.4. The summed E-state index contributed by atoms with van der Waals surface area (Å²) in [5.74, 6) is -0.802. The van der Waals surface area contributed by atoms with E-state index >= 15 is 0 Å². The van der Waals surface area contributed by atoms with Gasteiger partial charge in [0.05, 0.1) is 0 Å². The summed E-state index contributed by atoms with van der Waals surface area (Å²) in [7, 11) is 0. The molecule has 2 rings (SSSR count). The number of aromatic nitrogens is 4. The average Bonchev–Trinajstić information content (AvgIpc) is 3.58. The molecular weight excluding hydrogens is 552 g/mol. The number of tetrazole rings is 1. The van der Waals surface area contributed by atoms with Gasteiger partial charge in [0.15, 0.2) is 24.0 Å². The number of nitrogens with one attached hydrogen (secondary N) is 1. The van der Waals surface area contributed by atoms with Crippen LogP contribution in [-0.4, -0.2) is 62.0 Å². The maximum Gasteiger partial charge on any atom is 0.519 e. The van der Waals surface area contributed by atoms with E-state index in [9.17, 15) is 14.7 Å². The van der Waals surface area contributed by atoms with Crippen molar-refractivity contribution in [3.8, 4) is 0 Å². The summed E-state index contributed by atoms with van der Waals surface area (Å²) in [6, 6.07) is 0. The average molecular weight is 593 g/mol. The van der Waals surface area contributed by atoms with E-state index < -0.39 is 17.4 Å². The molecule has 0 aliphatic rings. The number of allylic oxidation sites excluding steroid dienone is 8. The largest absolute Gasteiger partial charge is 0.519 e. The highest BCUT2D eigenvalue weighted by atomic mass is 16.6. The predicted octanol–water partition coefficient (Wildman–Crippen LogP) is 4.46. The highest BCUT2D eigenvalue weighted by Crippen LogP contribution is 2.26. The monoisotopic (exact) mass is 592 g/mol. The molecular formula is C31H40N6O6. The molecule has 0 aliphatic carbocycles. The van der Waals surface area contributed by atoms with Crippen LogP contribution in [-0.2, 0) is 22.6 Å². The normalized spacial score (nSPS) is 13.1. The molecule has 2 aromatic rings. The van der Waals surface area contributed by atoms with E-state index in [1.807, 2.05) is 56.4 Å². The van der Waals surface area contributed by atoms with Gasteiger partial charge in [0.2, 0.25) is 0 Å². The van der Waals surface area contributed by atoms with Gasteiger partial charge in [-0.05, 0) is 57.6 Å². The Labute approximate surface area is 251 Å². The first-order chi connectivity index (χ1) is 20.4. The molecule has 0 bridgehead atoms. The van der Waals surface area contributed by atoms with Crippen LogP contribution in [0.4, 0.5) is 0 Å². The Kier molecular flexibility index (Phi) is 13.2. The zero-order valence-corrected chi connectivity index (χ0v) is 25.4. The van der Waals surface area contributed by atoms with Gasteiger partial charge in [-0.2, -0.15) is 5.21 Å². The van der Waals surface area contributed by atoms with Crippen LogP contribution in [0.15, 0.2) is 102 Å². The quantitative estimate of drug-likeness (QED) is 0.116. The van der Waals surface area contributed by atoms with Crippen molar-refractivity contribution in [2.75, 3.05) is 13.1 Å². The van der Waals surface area contributed by atoms with Gasteiger partial charge in [0, 0.05) is 19.5 Å². The molecule has 2 heterocycles. The Balaban J connectivity index is 2.21. The summed E-state index contributed by atoms with van der Waals surface area (Å²) in [6.07, 6.45) is 14.7. The predicted molar refractivity (Wildman–Crippen MR) is 164 cm³/mol. The lowest BCUT2D eigenvalue weighted by Gasteiger charge is -2.30. The molecule has 43 heavy (non-hydrogen) atoms. The molecule has 2 aromatic heterocycles. The highest BCUT2D eigenvalue weighted by molar-refractivity contribution is 5.89. The van der Waals surface area contributed by atoms with E-state index in [1.165, 1.54) is 20.8 Å². The van der Waals surface area contributed by atoms with Gasteiger partial charge in [0.1, 0.15) is 17.0 Å². The lowest BCUT2D eigenvalue weighted by molar-refractivity contribution is -0.143. The summed E-state index contributed by atoms with van der Waals surface area (Å²) in [5.41, 5.74) is 0.896. The standard InChI is InChI=1S/C31H40N6O6/c1-9-14-24(22(4)15-12-11-13-16-26-33-35-36-34-26)18-17-21(3)19-37(10-2)27(28(32-8)31(6,7)40)29(38)41-20-25-23(5)42-30(39)43-25/h11-15,17-18,40H,3-4,8-10,16,19-20H2,1-2,5-7H3,(H,33,34,35,36)/b13-11-,15-12-,18-17-,24-14+,28-27-. The Morgan fingerprint density at radius 1 is 1.19 bits per heavy atom. The van der Waals surface area contributed by atoms with Gasteiger partial charge in [0.25, 0.3) is 0 Å². The minimum atomic E-state index is -1.51. The number of carbonyl (C=O) groups excluding carboxylic acids is 1. The molecule has 0 saturated heterocycles. The smallest absolute Gasteiger partial charge is 0.453 e. The number of aryl methyl sites for hydroxylation is 1. The molecule has 0 saturated carbocycles. The van der Waals surface area contributed by atoms with Crippen LogP contribution in [0.2, 0.25) is 0 Å². The molecule has 0 aromatic carbocycles. The van der Waals surface area contributed by atoms with Crippen LogP contribution < -0.4 is 5.82 Å². The van der Waals surface area contributed by atoms with E-state index in [-0.39, 0.29) is 36.1 Å². The number of carbonyl (C=O) groups is 1. The Hall–Kier alpha value is -4.84. The van der Waals surface area contributed by atoms with Crippen molar-refractivity contribution in [2.45, 2.75) is 59.7 Å². The van der Waals surface area contributed by atoms with Gasteiger partial charge >= 0.3 is 11.8 Å². The lowest BCUT2D eigenvalue weighted by Crippen LogP contribution is -2.35. The fourth-order valence-electron chi connectivity index (χ4n) is 3.81. The number of likely N-dealkylation sites (N-methyl/N-ethyl adjacent to an activating group) is 1. The number of rotatable bonds is 17. The molecule has 0 aliphatic heterocycles. The second-order valence-electron chi connectivity index (χ2n) is 9.84. The summed E-state index contributed by atoms with van der Waals surface area (Å²) in [6.45, 7) is 20.5. The third kappa shape index (κ3) is 10.8. The van der Waals surface area contributed by atoms with Crippen molar-refractivity contribution in [3.05, 3.63) is 112 Å². The molecule has 0 spiro atoms. The maximum atomic E-state index is 13.4. The van der Waals surface area contributed by atoms with E-state index in [1.54, 1.807) is 4.90 Å². The van der Waals surface area contributed by atoms with Gasteiger partial charge in [-0.3, -0.25) is 4.99 Å². The lowest BCUT2D eigenvalue weighted by atomic mass is 10.0. The molecule has 12 heteroatoms. The Morgan fingerprint density at radius 3 is 2.49 bits per heavy atom. The number of esters is 1. The second kappa shape index (κ2) is 16.6. The number of aromatic amines is 1. The number of aliphatic imine (C=N–C) groups is 1. The number of aliphatic hydroxyl groups is 1. The van der Waals surface area contributed by atoms with Crippen molar-refractivity contribution in [1.29, 1.82) is 0 Å². The number of hydrogen-bond acceptors (Lipinski definition) is 11. The summed E-state index contributed by atoms with van der Waals surface area (Å²) >= 11 is 0. The number of nitrogens with zero attached hydrogens (tertiary/aromatic N) is 5. The minimum Gasteiger partial charge on any atom is -0.453 e. The van der Waals surface area contributed by atoms with Crippen LogP contribution >= 0.6 is 0 Å².